The van der Waals surface area contributed by atoms with Crippen LogP contribution in [0.1, 0.15) is 29.7 Å². The van der Waals surface area contributed by atoms with Gasteiger partial charge in [0.05, 0.1) is 6.54 Å². The van der Waals surface area contributed by atoms with Gasteiger partial charge in [-0.3, -0.25) is 14.8 Å². The maximum atomic E-state index is 13.4. The van der Waals surface area contributed by atoms with Gasteiger partial charge in [0.25, 0.3) is 0 Å². The van der Waals surface area contributed by atoms with Crippen LogP contribution in [0.25, 0.3) is 0 Å². The van der Waals surface area contributed by atoms with Crippen LogP contribution in [0.3, 0.4) is 0 Å². The molecule has 0 unspecified atom stereocenters. The molecule has 0 atom stereocenters. The van der Waals surface area contributed by atoms with Crippen LogP contribution in [0.4, 0.5) is 0 Å². The number of carbonyl (C=O) groups is 1. The standard InChI is InChI=1S/C20H28N6O/c1-3-25-8-10-26(11-9-25)20(12-16-6-4-5-7-17(16)13-20)19(27)21-14-18-22-15(2)23-24-18/h4-7H,3,8-14H2,1-2H3,(H,21,27)(H,22,23,24). The minimum atomic E-state index is -0.505. The van der Waals surface area contributed by atoms with Crippen LogP contribution in [-0.2, 0) is 24.2 Å². The lowest BCUT2D eigenvalue weighted by atomic mass is 9.91. The van der Waals surface area contributed by atoms with E-state index in [2.05, 4.69) is 61.5 Å². The number of amides is 1. The molecule has 2 N–H and O–H groups in total. The van der Waals surface area contributed by atoms with E-state index in [0.29, 0.717) is 12.4 Å². The van der Waals surface area contributed by atoms with Crippen molar-refractivity contribution in [3.8, 4) is 0 Å². The third kappa shape index (κ3) is 3.49. The Kier molecular flexibility index (Phi) is 4.97. The second-order valence-electron chi connectivity index (χ2n) is 7.59. The highest BCUT2D eigenvalue weighted by Crippen LogP contribution is 2.35. The van der Waals surface area contributed by atoms with Crippen molar-refractivity contribution in [3.05, 3.63) is 47.0 Å². The number of carbonyl (C=O) groups excluding carboxylic acids is 1. The van der Waals surface area contributed by atoms with E-state index in [1.165, 1.54) is 11.1 Å². The number of hydrogen-bond donors (Lipinski definition) is 2. The summed E-state index contributed by atoms with van der Waals surface area (Å²) in [4.78, 5) is 22.6. The van der Waals surface area contributed by atoms with Crippen molar-refractivity contribution in [3.63, 3.8) is 0 Å². The molecule has 0 saturated carbocycles. The normalized spacial score (nSPS) is 19.8. The Morgan fingerprint density at radius 1 is 1.19 bits per heavy atom. The van der Waals surface area contributed by atoms with Crippen molar-refractivity contribution >= 4 is 5.91 Å². The summed E-state index contributed by atoms with van der Waals surface area (Å²) in [5.41, 5.74) is 2.08. The Balaban J connectivity index is 1.54. The summed E-state index contributed by atoms with van der Waals surface area (Å²) >= 11 is 0. The van der Waals surface area contributed by atoms with Crippen molar-refractivity contribution in [2.45, 2.75) is 38.8 Å². The zero-order chi connectivity index (χ0) is 18.9. The van der Waals surface area contributed by atoms with E-state index >= 15 is 0 Å². The molecule has 0 bridgehead atoms. The van der Waals surface area contributed by atoms with Crippen LogP contribution in [0, 0.1) is 6.92 Å². The summed E-state index contributed by atoms with van der Waals surface area (Å²) in [5, 5.41) is 10.1. The van der Waals surface area contributed by atoms with Gasteiger partial charge in [0.2, 0.25) is 5.91 Å². The summed E-state index contributed by atoms with van der Waals surface area (Å²) in [6.45, 7) is 9.37. The molecule has 4 rings (SSSR count). The number of aromatic nitrogens is 3. The van der Waals surface area contributed by atoms with E-state index in [-0.39, 0.29) is 5.91 Å². The van der Waals surface area contributed by atoms with Gasteiger partial charge in [-0.2, -0.15) is 5.10 Å². The highest BCUT2D eigenvalue weighted by molar-refractivity contribution is 5.88. The molecule has 1 fully saturated rings. The number of hydrogen-bond acceptors (Lipinski definition) is 5. The van der Waals surface area contributed by atoms with E-state index in [1.54, 1.807) is 0 Å². The van der Waals surface area contributed by atoms with Crippen molar-refractivity contribution in [2.24, 2.45) is 0 Å². The van der Waals surface area contributed by atoms with Gasteiger partial charge < -0.3 is 10.2 Å². The monoisotopic (exact) mass is 368 g/mol. The number of nitrogens with zero attached hydrogens (tertiary/aromatic N) is 4. The van der Waals surface area contributed by atoms with Crippen LogP contribution in [0.5, 0.6) is 0 Å². The first-order valence-corrected chi connectivity index (χ1v) is 9.81. The minimum Gasteiger partial charge on any atom is -0.347 e. The fraction of sp³-hybridized carbons (Fsp3) is 0.550. The quantitative estimate of drug-likeness (QED) is 0.820. The molecule has 27 heavy (non-hydrogen) atoms. The summed E-state index contributed by atoms with van der Waals surface area (Å²) in [7, 11) is 0. The van der Waals surface area contributed by atoms with E-state index in [9.17, 15) is 4.79 Å². The van der Waals surface area contributed by atoms with E-state index in [4.69, 9.17) is 0 Å². The minimum absolute atomic E-state index is 0.0890. The lowest BCUT2D eigenvalue weighted by Crippen LogP contribution is -2.64. The van der Waals surface area contributed by atoms with Crippen molar-refractivity contribution in [1.82, 2.24) is 30.3 Å². The maximum absolute atomic E-state index is 13.4. The fourth-order valence-corrected chi connectivity index (χ4v) is 4.41. The molecule has 1 aliphatic heterocycles. The molecule has 2 heterocycles. The lowest BCUT2D eigenvalue weighted by Gasteiger charge is -2.44. The van der Waals surface area contributed by atoms with Crippen LogP contribution < -0.4 is 5.32 Å². The number of likely N-dealkylation sites (N-methyl/N-ethyl adjacent to an activating group) is 1. The molecular weight excluding hydrogens is 340 g/mol. The molecule has 144 valence electrons. The van der Waals surface area contributed by atoms with E-state index in [1.807, 2.05) is 6.92 Å². The van der Waals surface area contributed by atoms with Gasteiger partial charge in [-0.1, -0.05) is 31.2 Å². The van der Waals surface area contributed by atoms with Crippen molar-refractivity contribution < 1.29 is 4.79 Å². The molecular formula is C20H28N6O. The first-order chi connectivity index (χ1) is 13.1. The first-order valence-electron chi connectivity index (χ1n) is 9.81. The number of aryl methyl sites for hydroxylation is 1. The van der Waals surface area contributed by atoms with Crippen LogP contribution >= 0.6 is 0 Å². The highest BCUT2D eigenvalue weighted by atomic mass is 16.2. The second kappa shape index (κ2) is 7.40. The molecule has 7 heteroatoms. The number of piperazine rings is 1. The molecule has 1 amide bonds. The second-order valence-corrected chi connectivity index (χ2v) is 7.59. The molecule has 7 nitrogen and oxygen atoms in total. The van der Waals surface area contributed by atoms with Crippen LogP contribution in [0.15, 0.2) is 24.3 Å². The maximum Gasteiger partial charge on any atom is 0.241 e. The molecule has 1 aliphatic carbocycles. The van der Waals surface area contributed by atoms with Crippen molar-refractivity contribution in [2.75, 3.05) is 32.7 Å². The number of H-pyrrole nitrogens is 1. The predicted molar refractivity (Wildman–Crippen MR) is 103 cm³/mol. The van der Waals surface area contributed by atoms with Gasteiger partial charge in [0.15, 0.2) is 5.82 Å². The van der Waals surface area contributed by atoms with Crippen molar-refractivity contribution in [1.29, 1.82) is 0 Å². The molecule has 1 saturated heterocycles. The lowest BCUT2D eigenvalue weighted by molar-refractivity contribution is -0.135. The smallest absolute Gasteiger partial charge is 0.241 e. The van der Waals surface area contributed by atoms with Gasteiger partial charge >= 0.3 is 0 Å². The summed E-state index contributed by atoms with van der Waals surface area (Å²) in [6, 6.07) is 8.45. The van der Waals surface area contributed by atoms with E-state index < -0.39 is 5.54 Å². The largest absolute Gasteiger partial charge is 0.347 e. The molecule has 1 aromatic carbocycles. The summed E-state index contributed by atoms with van der Waals surface area (Å²) in [6.07, 6.45) is 1.54. The van der Waals surface area contributed by atoms with Gasteiger partial charge in [-0.05, 0) is 24.6 Å². The number of nitrogens with one attached hydrogen (secondary N) is 2. The average Bonchev–Trinajstić information content (AvgIpc) is 3.30. The molecule has 2 aromatic rings. The summed E-state index contributed by atoms with van der Waals surface area (Å²) in [5.74, 6) is 1.48. The van der Waals surface area contributed by atoms with Gasteiger partial charge in [0.1, 0.15) is 11.4 Å². The zero-order valence-corrected chi connectivity index (χ0v) is 16.2. The van der Waals surface area contributed by atoms with E-state index in [0.717, 1.165) is 51.4 Å². The summed E-state index contributed by atoms with van der Waals surface area (Å²) < 4.78 is 0. The molecule has 0 spiro atoms. The van der Waals surface area contributed by atoms with Gasteiger partial charge in [0, 0.05) is 39.0 Å². The van der Waals surface area contributed by atoms with Crippen LogP contribution in [-0.4, -0.2) is 69.2 Å². The Morgan fingerprint density at radius 3 is 2.41 bits per heavy atom. The van der Waals surface area contributed by atoms with Gasteiger partial charge in [-0.15, -0.1) is 0 Å². The highest BCUT2D eigenvalue weighted by Gasteiger charge is 2.48. The Bertz CT molecular complexity index is 783. The number of aromatic amines is 1. The Morgan fingerprint density at radius 2 is 1.85 bits per heavy atom. The molecule has 0 radical (unpaired) electrons. The first kappa shape index (κ1) is 18.1. The fourth-order valence-electron chi connectivity index (χ4n) is 4.41. The SMILES string of the molecule is CCN1CCN(C2(C(=O)NCc3n[nH]c(C)n3)Cc3ccccc3C2)CC1. The predicted octanol–water partition coefficient (Wildman–Crippen LogP) is 0.904. The third-order valence-electron chi connectivity index (χ3n) is 5.98. The third-order valence-corrected chi connectivity index (χ3v) is 5.98. The number of rotatable bonds is 5. The Hall–Kier alpha value is -2.25. The number of fused-ring (bicyclic) bond motifs is 1. The average molecular weight is 368 g/mol. The molecule has 2 aliphatic rings. The van der Waals surface area contributed by atoms with Gasteiger partial charge in [-0.25, -0.2) is 4.98 Å². The molecule has 1 aromatic heterocycles. The zero-order valence-electron chi connectivity index (χ0n) is 16.2. The Labute approximate surface area is 160 Å². The topological polar surface area (TPSA) is 77.1 Å². The van der Waals surface area contributed by atoms with Crippen LogP contribution in [0.2, 0.25) is 0 Å². The number of benzene rings is 1.